The fourth-order valence-corrected chi connectivity index (χ4v) is 3.17. The lowest BCUT2D eigenvalue weighted by Crippen LogP contribution is -2.32. The SMILES string of the molecule is CCc1cc(C(=O)NC2CC2)cc(-c2ccc(C(=O)NCC(C)(C)C)cn2)c1C. The molecule has 0 bridgehead atoms. The molecule has 0 aliphatic heterocycles. The van der Waals surface area contributed by atoms with Crippen LogP contribution in [0, 0.1) is 12.3 Å². The first-order valence-electron chi connectivity index (χ1n) is 10.4. The van der Waals surface area contributed by atoms with Crippen LogP contribution in [0.3, 0.4) is 0 Å². The Morgan fingerprint density at radius 3 is 2.38 bits per heavy atom. The molecule has 1 aromatic heterocycles. The molecule has 0 saturated heterocycles. The fraction of sp³-hybridized carbons (Fsp3) is 0.458. The summed E-state index contributed by atoms with van der Waals surface area (Å²) in [6.45, 7) is 11.0. The van der Waals surface area contributed by atoms with Gasteiger partial charge in [0.15, 0.2) is 0 Å². The van der Waals surface area contributed by atoms with Crippen LogP contribution >= 0.6 is 0 Å². The number of aromatic nitrogens is 1. The summed E-state index contributed by atoms with van der Waals surface area (Å²) in [4.78, 5) is 29.5. The Morgan fingerprint density at radius 1 is 1.10 bits per heavy atom. The van der Waals surface area contributed by atoms with Crippen molar-refractivity contribution in [1.29, 1.82) is 0 Å². The molecule has 0 unspecified atom stereocenters. The lowest BCUT2D eigenvalue weighted by molar-refractivity contribution is 0.0935. The maximum absolute atomic E-state index is 12.6. The van der Waals surface area contributed by atoms with Gasteiger partial charge in [-0.2, -0.15) is 0 Å². The van der Waals surface area contributed by atoms with Crippen LogP contribution in [0.4, 0.5) is 0 Å². The van der Waals surface area contributed by atoms with Crippen LogP contribution in [0.1, 0.15) is 72.4 Å². The highest BCUT2D eigenvalue weighted by Crippen LogP contribution is 2.28. The summed E-state index contributed by atoms with van der Waals surface area (Å²) in [5.41, 5.74) is 5.19. The van der Waals surface area contributed by atoms with Gasteiger partial charge in [-0.25, -0.2) is 0 Å². The van der Waals surface area contributed by atoms with Crippen molar-refractivity contribution in [3.8, 4) is 11.3 Å². The zero-order valence-electron chi connectivity index (χ0n) is 18.1. The number of hydrogen-bond acceptors (Lipinski definition) is 3. The molecule has 1 heterocycles. The highest BCUT2D eigenvalue weighted by Gasteiger charge is 2.24. The van der Waals surface area contributed by atoms with Gasteiger partial charge in [-0.3, -0.25) is 14.6 Å². The van der Waals surface area contributed by atoms with Crippen LogP contribution in [-0.2, 0) is 6.42 Å². The minimum Gasteiger partial charge on any atom is -0.351 e. The van der Waals surface area contributed by atoms with Crippen molar-refractivity contribution in [3.05, 3.63) is 52.7 Å². The highest BCUT2D eigenvalue weighted by atomic mass is 16.2. The second-order valence-corrected chi connectivity index (χ2v) is 9.08. The molecule has 5 nitrogen and oxygen atoms in total. The van der Waals surface area contributed by atoms with Gasteiger partial charge in [-0.1, -0.05) is 27.7 Å². The molecule has 2 amide bonds. The number of pyridine rings is 1. The third-order valence-corrected chi connectivity index (χ3v) is 5.15. The van der Waals surface area contributed by atoms with E-state index >= 15 is 0 Å². The van der Waals surface area contributed by atoms with Crippen molar-refractivity contribution in [2.75, 3.05) is 6.54 Å². The summed E-state index contributed by atoms with van der Waals surface area (Å²) in [6.07, 6.45) is 4.57. The molecule has 0 atom stereocenters. The quantitative estimate of drug-likeness (QED) is 0.769. The van der Waals surface area contributed by atoms with Crippen LogP contribution in [0.15, 0.2) is 30.5 Å². The summed E-state index contributed by atoms with van der Waals surface area (Å²) < 4.78 is 0. The van der Waals surface area contributed by atoms with E-state index in [4.69, 9.17) is 0 Å². The van der Waals surface area contributed by atoms with Crippen molar-refractivity contribution in [3.63, 3.8) is 0 Å². The Labute approximate surface area is 173 Å². The molecule has 0 spiro atoms. The summed E-state index contributed by atoms with van der Waals surface area (Å²) >= 11 is 0. The van der Waals surface area contributed by atoms with Crippen molar-refractivity contribution >= 4 is 11.8 Å². The molecular formula is C24H31N3O2. The van der Waals surface area contributed by atoms with E-state index in [2.05, 4.69) is 50.2 Å². The molecular weight excluding hydrogens is 362 g/mol. The van der Waals surface area contributed by atoms with Gasteiger partial charge in [-0.15, -0.1) is 0 Å². The molecule has 1 fully saturated rings. The summed E-state index contributed by atoms with van der Waals surface area (Å²) in [6, 6.07) is 7.86. The highest BCUT2D eigenvalue weighted by molar-refractivity contribution is 5.97. The lowest BCUT2D eigenvalue weighted by atomic mass is 9.94. The van der Waals surface area contributed by atoms with E-state index in [-0.39, 0.29) is 17.2 Å². The van der Waals surface area contributed by atoms with Gasteiger partial charge < -0.3 is 10.6 Å². The minimum atomic E-state index is -0.123. The van der Waals surface area contributed by atoms with E-state index in [1.807, 2.05) is 18.2 Å². The third kappa shape index (κ3) is 5.43. The predicted octanol–water partition coefficient (Wildman–Crippen LogP) is 4.29. The number of carbonyl (C=O) groups excluding carboxylic acids is 2. The molecule has 3 rings (SSSR count). The number of rotatable bonds is 6. The minimum absolute atomic E-state index is 0.0260. The predicted molar refractivity (Wildman–Crippen MR) is 116 cm³/mol. The largest absolute Gasteiger partial charge is 0.351 e. The van der Waals surface area contributed by atoms with Gasteiger partial charge in [0.1, 0.15) is 0 Å². The second kappa shape index (κ2) is 8.36. The van der Waals surface area contributed by atoms with Crippen LogP contribution in [0.5, 0.6) is 0 Å². The number of carbonyl (C=O) groups is 2. The number of nitrogens with one attached hydrogen (secondary N) is 2. The molecule has 0 radical (unpaired) electrons. The average molecular weight is 394 g/mol. The van der Waals surface area contributed by atoms with Crippen molar-refractivity contribution in [2.24, 2.45) is 5.41 Å². The topological polar surface area (TPSA) is 71.1 Å². The van der Waals surface area contributed by atoms with Gasteiger partial charge >= 0.3 is 0 Å². The average Bonchev–Trinajstić information content (AvgIpc) is 3.49. The molecule has 5 heteroatoms. The number of nitrogens with zero attached hydrogens (tertiary/aromatic N) is 1. The van der Waals surface area contributed by atoms with E-state index in [0.717, 1.165) is 41.6 Å². The molecule has 29 heavy (non-hydrogen) atoms. The van der Waals surface area contributed by atoms with E-state index < -0.39 is 0 Å². The molecule has 2 N–H and O–H groups in total. The van der Waals surface area contributed by atoms with Gasteiger partial charge in [0.25, 0.3) is 11.8 Å². The summed E-state index contributed by atoms with van der Waals surface area (Å²) in [7, 11) is 0. The standard InChI is InChI=1S/C24H31N3O2/c1-6-16-11-18(23(29)27-19-8-9-19)12-20(15(16)2)21-10-7-17(13-25-21)22(28)26-14-24(3,4)5/h7,10-13,19H,6,8-9,14H2,1-5H3,(H,26,28)(H,27,29). The zero-order chi connectivity index (χ0) is 21.2. The Kier molecular flexibility index (Phi) is 6.06. The van der Waals surface area contributed by atoms with E-state index in [1.54, 1.807) is 12.3 Å². The maximum atomic E-state index is 12.6. The fourth-order valence-electron chi connectivity index (χ4n) is 3.17. The Hall–Kier alpha value is -2.69. The van der Waals surface area contributed by atoms with Crippen molar-refractivity contribution in [2.45, 2.75) is 59.9 Å². The van der Waals surface area contributed by atoms with Crippen LogP contribution in [-0.4, -0.2) is 29.4 Å². The zero-order valence-corrected chi connectivity index (χ0v) is 18.1. The van der Waals surface area contributed by atoms with E-state index in [9.17, 15) is 9.59 Å². The van der Waals surface area contributed by atoms with E-state index in [1.165, 1.54) is 0 Å². The number of hydrogen-bond donors (Lipinski definition) is 2. The van der Waals surface area contributed by atoms with Crippen LogP contribution < -0.4 is 10.6 Å². The lowest BCUT2D eigenvalue weighted by Gasteiger charge is -2.18. The summed E-state index contributed by atoms with van der Waals surface area (Å²) in [5.74, 6) is -0.149. The van der Waals surface area contributed by atoms with Gasteiger partial charge in [0.2, 0.25) is 0 Å². The number of amides is 2. The molecule has 1 aromatic carbocycles. The van der Waals surface area contributed by atoms with Crippen molar-refractivity contribution < 1.29 is 9.59 Å². The van der Waals surface area contributed by atoms with Gasteiger partial charge in [0.05, 0.1) is 11.3 Å². The second-order valence-electron chi connectivity index (χ2n) is 9.08. The van der Waals surface area contributed by atoms with Crippen molar-refractivity contribution in [1.82, 2.24) is 15.6 Å². The Morgan fingerprint density at radius 2 is 1.83 bits per heavy atom. The van der Waals surface area contributed by atoms with Gasteiger partial charge in [-0.05, 0) is 67.0 Å². The summed E-state index contributed by atoms with van der Waals surface area (Å²) in [5, 5.41) is 6.00. The van der Waals surface area contributed by atoms with Gasteiger partial charge in [0, 0.05) is 29.9 Å². The van der Waals surface area contributed by atoms with E-state index in [0.29, 0.717) is 23.7 Å². The van der Waals surface area contributed by atoms with Crippen LogP contribution in [0.2, 0.25) is 0 Å². The Bertz CT molecular complexity index is 907. The molecule has 1 saturated carbocycles. The normalized spacial score (nSPS) is 13.8. The Balaban J connectivity index is 1.85. The molecule has 2 aromatic rings. The monoisotopic (exact) mass is 393 g/mol. The smallest absolute Gasteiger partial charge is 0.252 e. The first-order chi connectivity index (χ1) is 13.7. The molecule has 1 aliphatic rings. The number of aryl methyl sites for hydroxylation is 1. The number of benzene rings is 1. The third-order valence-electron chi connectivity index (χ3n) is 5.15. The van der Waals surface area contributed by atoms with Crippen LogP contribution in [0.25, 0.3) is 11.3 Å². The maximum Gasteiger partial charge on any atom is 0.252 e. The molecule has 154 valence electrons. The first kappa shape index (κ1) is 21.0. The first-order valence-corrected chi connectivity index (χ1v) is 10.4. The molecule has 1 aliphatic carbocycles.